The lowest BCUT2D eigenvalue weighted by molar-refractivity contribution is 0.0501. The molecular weight excluding hydrogens is 370 g/mol. The van der Waals surface area contributed by atoms with Crippen LogP contribution in [0.3, 0.4) is 0 Å². The second-order valence-corrected chi connectivity index (χ2v) is 8.30. The first-order valence-corrected chi connectivity index (χ1v) is 12.1. The molecule has 1 amide bonds. The Kier molecular flexibility index (Phi) is 11.9. The van der Waals surface area contributed by atoms with Gasteiger partial charge in [-0.3, -0.25) is 14.7 Å². The summed E-state index contributed by atoms with van der Waals surface area (Å²) in [7, 11) is 0. The Morgan fingerprint density at radius 1 is 0.933 bits per heavy atom. The Morgan fingerprint density at radius 2 is 1.50 bits per heavy atom. The van der Waals surface area contributed by atoms with E-state index >= 15 is 0 Å². The summed E-state index contributed by atoms with van der Waals surface area (Å²) >= 11 is 0. The molecule has 0 spiro atoms. The molecule has 30 heavy (non-hydrogen) atoms. The number of rotatable bonds is 3. The Balaban J connectivity index is 0.00000106. The van der Waals surface area contributed by atoms with Crippen LogP contribution in [0.2, 0.25) is 0 Å². The summed E-state index contributed by atoms with van der Waals surface area (Å²) in [6.07, 6.45) is 5.36. The Morgan fingerprint density at radius 3 is 2.03 bits per heavy atom. The third-order valence-electron chi connectivity index (χ3n) is 5.90. The highest BCUT2D eigenvalue weighted by molar-refractivity contribution is 5.95. The third kappa shape index (κ3) is 7.54. The van der Waals surface area contributed by atoms with Gasteiger partial charge >= 0.3 is 0 Å². The molecule has 1 aliphatic heterocycles. The lowest BCUT2D eigenvalue weighted by Gasteiger charge is -2.41. The fourth-order valence-corrected chi connectivity index (χ4v) is 4.18. The van der Waals surface area contributed by atoms with Crippen molar-refractivity contribution in [3.05, 3.63) is 29.3 Å². The quantitative estimate of drug-likeness (QED) is 0.528. The van der Waals surface area contributed by atoms with Gasteiger partial charge in [-0.2, -0.15) is 0 Å². The van der Waals surface area contributed by atoms with Crippen LogP contribution in [0.5, 0.6) is 0 Å². The molecule has 0 aromatic heterocycles. The molecule has 0 bridgehead atoms. The van der Waals surface area contributed by atoms with Gasteiger partial charge in [-0.1, -0.05) is 40.7 Å². The minimum absolute atomic E-state index is 0.145. The van der Waals surface area contributed by atoms with Crippen molar-refractivity contribution in [1.82, 2.24) is 9.80 Å². The normalized spacial score (nSPS) is 21.5. The molecule has 1 heterocycles. The number of aliphatic imine (C=N–C) groups is 1. The van der Waals surface area contributed by atoms with E-state index in [1.165, 1.54) is 25.7 Å². The van der Waals surface area contributed by atoms with Crippen molar-refractivity contribution in [3.8, 4) is 0 Å². The van der Waals surface area contributed by atoms with E-state index in [-0.39, 0.29) is 5.91 Å². The second kappa shape index (κ2) is 13.6. The zero-order chi connectivity index (χ0) is 22.7. The van der Waals surface area contributed by atoms with Crippen LogP contribution in [-0.4, -0.2) is 53.6 Å². The number of amides is 1. The summed E-state index contributed by atoms with van der Waals surface area (Å²) in [5.74, 6) is 1.03. The van der Waals surface area contributed by atoms with E-state index in [9.17, 15) is 4.79 Å². The van der Waals surface area contributed by atoms with Gasteiger partial charge in [-0.25, -0.2) is 0 Å². The van der Waals surface area contributed by atoms with Crippen LogP contribution in [0.15, 0.2) is 23.2 Å². The standard InChI is InChI=1S/C22H33N3O.2C2H6/c1-16(2)23-21-15-19(8-7-18(21)4)22(26)25-13-11-24(12-14-25)20-9-5-17(3)6-10-20;2*1-2/h7-8,15,17,20H,5-6,9-14H2,1-4H3;2*1-2H3. The number of nitrogens with zero attached hydrogens (tertiary/aromatic N) is 3. The van der Waals surface area contributed by atoms with E-state index < -0.39 is 0 Å². The average molecular weight is 416 g/mol. The number of carbonyl (C=O) groups excluding carboxylic acids is 1. The summed E-state index contributed by atoms with van der Waals surface area (Å²) in [5.41, 5.74) is 3.79. The largest absolute Gasteiger partial charge is 0.336 e. The van der Waals surface area contributed by atoms with Gasteiger partial charge in [-0.05, 0) is 70.1 Å². The molecule has 0 radical (unpaired) electrons. The molecule has 1 aromatic rings. The van der Waals surface area contributed by atoms with E-state index in [4.69, 9.17) is 0 Å². The van der Waals surface area contributed by atoms with Gasteiger partial charge in [0.2, 0.25) is 0 Å². The predicted molar refractivity (Wildman–Crippen MR) is 131 cm³/mol. The highest BCUT2D eigenvalue weighted by atomic mass is 16.2. The fourth-order valence-electron chi connectivity index (χ4n) is 4.18. The van der Waals surface area contributed by atoms with Gasteiger partial charge in [0.05, 0.1) is 5.69 Å². The fraction of sp³-hybridized carbons (Fsp3) is 0.692. The monoisotopic (exact) mass is 415 g/mol. The molecular formula is C26H45N3O. The van der Waals surface area contributed by atoms with Gasteiger partial charge < -0.3 is 4.90 Å². The zero-order valence-electron chi connectivity index (χ0n) is 20.8. The molecule has 1 saturated carbocycles. The number of benzene rings is 1. The van der Waals surface area contributed by atoms with Crippen LogP contribution in [-0.2, 0) is 0 Å². The first-order chi connectivity index (χ1) is 14.4. The predicted octanol–water partition coefficient (Wildman–Crippen LogP) is 6.50. The van der Waals surface area contributed by atoms with Crippen molar-refractivity contribution in [2.24, 2.45) is 10.9 Å². The van der Waals surface area contributed by atoms with Gasteiger partial charge in [0.15, 0.2) is 0 Å². The molecule has 2 aliphatic rings. The van der Waals surface area contributed by atoms with E-state index in [2.05, 4.69) is 16.8 Å². The Bertz CT molecular complexity index is 663. The maximum Gasteiger partial charge on any atom is 0.254 e. The number of piperazine rings is 1. The van der Waals surface area contributed by atoms with Gasteiger partial charge in [0.25, 0.3) is 5.91 Å². The number of carbonyl (C=O) groups is 1. The second-order valence-electron chi connectivity index (χ2n) is 8.30. The molecule has 2 fully saturated rings. The van der Waals surface area contributed by atoms with Crippen LogP contribution < -0.4 is 0 Å². The molecule has 3 rings (SSSR count). The Labute approximate surface area is 185 Å². The lowest BCUT2D eigenvalue weighted by atomic mass is 9.86. The smallest absolute Gasteiger partial charge is 0.254 e. The summed E-state index contributed by atoms with van der Waals surface area (Å²) in [5, 5.41) is 0. The number of aryl methyl sites for hydroxylation is 1. The minimum atomic E-state index is 0.145. The zero-order valence-corrected chi connectivity index (χ0v) is 20.8. The summed E-state index contributed by atoms with van der Waals surface area (Å²) < 4.78 is 0. The summed E-state index contributed by atoms with van der Waals surface area (Å²) in [6, 6.07) is 6.63. The van der Waals surface area contributed by atoms with E-state index in [0.717, 1.165) is 60.7 Å². The highest BCUT2D eigenvalue weighted by Gasteiger charge is 2.28. The van der Waals surface area contributed by atoms with Crippen LogP contribution in [0.25, 0.3) is 0 Å². The van der Waals surface area contributed by atoms with Crippen molar-refractivity contribution in [2.75, 3.05) is 26.2 Å². The maximum atomic E-state index is 12.9. The number of hydrogen-bond donors (Lipinski definition) is 0. The molecule has 0 atom stereocenters. The highest BCUT2D eigenvalue weighted by Crippen LogP contribution is 2.28. The van der Waals surface area contributed by atoms with Crippen LogP contribution in [0.4, 0.5) is 5.69 Å². The average Bonchev–Trinajstić information content (AvgIpc) is 2.78. The molecule has 0 N–H and O–H groups in total. The van der Waals surface area contributed by atoms with Crippen molar-refractivity contribution < 1.29 is 4.79 Å². The van der Waals surface area contributed by atoms with E-state index in [0.29, 0.717) is 0 Å². The van der Waals surface area contributed by atoms with Crippen molar-refractivity contribution in [1.29, 1.82) is 0 Å². The third-order valence-corrected chi connectivity index (χ3v) is 5.90. The van der Waals surface area contributed by atoms with Gasteiger partial charge in [-0.15, -0.1) is 0 Å². The van der Waals surface area contributed by atoms with E-state index in [1.54, 1.807) is 0 Å². The molecule has 4 heteroatoms. The Hall–Kier alpha value is -1.68. The minimum Gasteiger partial charge on any atom is -0.336 e. The molecule has 1 aromatic carbocycles. The lowest BCUT2D eigenvalue weighted by Crippen LogP contribution is -2.52. The van der Waals surface area contributed by atoms with Crippen molar-refractivity contribution in [2.45, 2.75) is 87.1 Å². The molecule has 0 unspecified atom stereocenters. The van der Waals surface area contributed by atoms with Crippen molar-refractivity contribution >= 4 is 17.3 Å². The van der Waals surface area contributed by atoms with Gasteiger partial charge in [0.1, 0.15) is 0 Å². The van der Waals surface area contributed by atoms with Crippen molar-refractivity contribution in [3.63, 3.8) is 0 Å². The molecule has 1 aliphatic carbocycles. The molecule has 170 valence electrons. The molecule has 4 nitrogen and oxygen atoms in total. The van der Waals surface area contributed by atoms with Crippen LogP contribution in [0, 0.1) is 12.8 Å². The van der Waals surface area contributed by atoms with Gasteiger partial charge in [0, 0.05) is 43.5 Å². The summed E-state index contributed by atoms with van der Waals surface area (Å²) in [4.78, 5) is 22.1. The SMILES string of the molecule is CC.CC.CC(C)=Nc1cc(C(=O)N2CCN(C3CCC(C)CC3)CC2)ccc1C. The molecule has 1 saturated heterocycles. The topological polar surface area (TPSA) is 35.9 Å². The first kappa shape index (κ1) is 26.4. The first-order valence-electron chi connectivity index (χ1n) is 12.1. The number of hydrogen-bond acceptors (Lipinski definition) is 3. The van der Waals surface area contributed by atoms with E-state index in [1.807, 2.05) is 71.6 Å². The summed E-state index contributed by atoms with van der Waals surface area (Å²) in [6.45, 7) is 20.1. The van der Waals surface area contributed by atoms with Crippen LogP contribution in [0.1, 0.15) is 90.1 Å². The van der Waals surface area contributed by atoms with Crippen LogP contribution >= 0.6 is 0 Å². The maximum absolute atomic E-state index is 12.9.